The molecule has 0 bridgehead atoms. The van der Waals surface area contributed by atoms with E-state index in [9.17, 15) is 4.79 Å². The van der Waals surface area contributed by atoms with Crippen molar-refractivity contribution < 1.29 is 4.74 Å². The van der Waals surface area contributed by atoms with Crippen molar-refractivity contribution in [2.45, 2.75) is 20.0 Å². The Labute approximate surface area is 224 Å². The molecule has 0 fully saturated rings. The first kappa shape index (κ1) is 24.3. The van der Waals surface area contributed by atoms with E-state index in [-0.39, 0.29) is 5.56 Å². The maximum Gasteiger partial charge on any atom is 0.282 e. The highest BCUT2D eigenvalue weighted by molar-refractivity contribution is 9.11. The molecule has 1 heterocycles. The third-order valence-electron chi connectivity index (χ3n) is 4.87. The van der Waals surface area contributed by atoms with Gasteiger partial charge in [0.1, 0.15) is 18.2 Å². The van der Waals surface area contributed by atoms with E-state index in [1.165, 1.54) is 4.68 Å². The van der Waals surface area contributed by atoms with Gasteiger partial charge in [0.25, 0.3) is 5.56 Å². The predicted molar refractivity (Wildman–Crippen MR) is 146 cm³/mol. The minimum Gasteiger partial charge on any atom is -0.488 e. The van der Waals surface area contributed by atoms with E-state index in [1.54, 1.807) is 12.3 Å². The molecule has 1 aromatic heterocycles. The smallest absolute Gasteiger partial charge is 0.282 e. The molecular formula is C24H17Br4N3O2. The topological polar surface area (TPSA) is 56.5 Å². The lowest BCUT2D eigenvalue weighted by Gasteiger charge is -2.11. The van der Waals surface area contributed by atoms with Crippen LogP contribution in [0.4, 0.5) is 0 Å². The van der Waals surface area contributed by atoms with Gasteiger partial charge in [-0.3, -0.25) is 4.79 Å². The van der Waals surface area contributed by atoms with Gasteiger partial charge in [-0.1, -0.05) is 60.8 Å². The van der Waals surface area contributed by atoms with Gasteiger partial charge in [0.15, 0.2) is 0 Å². The normalized spacial score (nSPS) is 11.4. The highest BCUT2D eigenvalue weighted by Crippen LogP contribution is 2.28. The zero-order valence-corrected chi connectivity index (χ0v) is 23.7. The Morgan fingerprint density at radius 1 is 0.970 bits per heavy atom. The van der Waals surface area contributed by atoms with Crippen LogP contribution in [0.5, 0.6) is 5.75 Å². The molecule has 0 aliphatic rings. The van der Waals surface area contributed by atoms with Crippen molar-refractivity contribution >= 4 is 80.8 Å². The molecule has 4 rings (SSSR count). The van der Waals surface area contributed by atoms with Gasteiger partial charge in [-0.25, -0.2) is 4.98 Å². The van der Waals surface area contributed by atoms with Gasteiger partial charge in [0, 0.05) is 25.4 Å². The van der Waals surface area contributed by atoms with E-state index >= 15 is 0 Å². The minimum absolute atomic E-state index is 0.200. The van der Waals surface area contributed by atoms with E-state index in [0.717, 1.165) is 29.0 Å². The Morgan fingerprint density at radius 3 is 2.45 bits per heavy atom. The van der Waals surface area contributed by atoms with Crippen LogP contribution in [-0.4, -0.2) is 15.9 Å². The second kappa shape index (κ2) is 10.6. The number of hydrogen-bond donors (Lipinski definition) is 0. The Bertz CT molecular complexity index is 1430. The highest BCUT2D eigenvalue weighted by Gasteiger charge is 2.10. The van der Waals surface area contributed by atoms with Crippen LogP contribution >= 0.6 is 63.7 Å². The molecule has 0 radical (unpaired) electrons. The van der Waals surface area contributed by atoms with Gasteiger partial charge < -0.3 is 4.74 Å². The lowest BCUT2D eigenvalue weighted by molar-refractivity contribution is 0.303. The molecule has 0 spiro atoms. The van der Waals surface area contributed by atoms with Gasteiger partial charge >= 0.3 is 0 Å². The number of aryl methyl sites for hydroxylation is 1. The average molecular weight is 699 g/mol. The third-order valence-corrected chi connectivity index (χ3v) is 7.21. The average Bonchev–Trinajstić information content (AvgIpc) is 2.79. The number of aromatic nitrogens is 2. The number of halogens is 4. The van der Waals surface area contributed by atoms with Crippen molar-refractivity contribution in [3.63, 3.8) is 0 Å². The summed E-state index contributed by atoms with van der Waals surface area (Å²) in [6.07, 6.45) is 2.23. The molecule has 0 aliphatic heterocycles. The predicted octanol–water partition coefficient (Wildman–Crippen LogP) is 7.47. The molecule has 0 N–H and O–H groups in total. The molecule has 3 aromatic carbocycles. The second-order valence-corrected chi connectivity index (χ2v) is 10.7. The highest BCUT2D eigenvalue weighted by atomic mass is 79.9. The molecule has 0 aliphatic carbocycles. The molecule has 4 aromatic rings. The van der Waals surface area contributed by atoms with Crippen molar-refractivity contribution in [3.05, 3.63) is 99.8 Å². The standard InChI is InChI=1S/C24H17Br4N3O2/c1-2-23-30-21-7-6-16(25)10-18(21)24(32)31(23)29-12-14-3-8-22(20(28)9-14)33-13-15-4-5-17(26)11-19(15)27/h3-12H,2,13H2,1H3. The Hall–Kier alpha value is -1.81. The van der Waals surface area contributed by atoms with Crippen molar-refractivity contribution in [2.24, 2.45) is 5.10 Å². The first-order chi connectivity index (χ1) is 15.9. The van der Waals surface area contributed by atoms with Gasteiger partial charge in [-0.15, -0.1) is 0 Å². The van der Waals surface area contributed by atoms with E-state index in [4.69, 9.17) is 4.74 Å². The van der Waals surface area contributed by atoms with Gasteiger partial charge in [-0.05, 0) is 70.0 Å². The molecule has 0 saturated carbocycles. The molecule has 0 atom stereocenters. The summed E-state index contributed by atoms with van der Waals surface area (Å²) in [5.41, 5.74) is 2.32. The van der Waals surface area contributed by atoms with Gasteiger partial charge in [0.05, 0.1) is 21.6 Å². The maximum absolute atomic E-state index is 13.0. The number of fused-ring (bicyclic) bond motifs is 1. The lowest BCUT2D eigenvalue weighted by atomic mass is 10.2. The summed E-state index contributed by atoms with van der Waals surface area (Å²) in [5, 5.41) is 4.96. The summed E-state index contributed by atoms with van der Waals surface area (Å²) in [7, 11) is 0. The van der Waals surface area contributed by atoms with Gasteiger partial charge in [-0.2, -0.15) is 9.78 Å². The summed E-state index contributed by atoms with van der Waals surface area (Å²) in [5.74, 6) is 1.32. The number of benzene rings is 3. The SMILES string of the molecule is CCc1nc2ccc(Br)cc2c(=O)n1N=Cc1ccc(OCc2ccc(Br)cc2Br)c(Br)c1. The number of ether oxygens (including phenoxy) is 1. The number of nitrogens with zero attached hydrogens (tertiary/aromatic N) is 3. The maximum atomic E-state index is 13.0. The fourth-order valence-electron chi connectivity index (χ4n) is 3.18. The summed E-state index contributed by atoms with van der Waals surface area (Å²) in [4.78, 5) is 17.6. The fraction of sp³-hybridized carbons (Fsp3) is 0.125. The van der Waals surface area contributed by atoms with Crippen LogP contribution in [0, 0.1) is 0 Å². The van der Waals surface area contributed by atoms with Crippen LogP contribution in [0.3, 0.4) is 0 Å². The van der Waals surface area contributed by atoms with E-state index < -0.39 is 0 Å². The van der Waals surface area contributed by atoms with Crippen molar-refractivity contribution in [2.75, 3.05) is 0 Å². The molecule has 0 unspecified atom stereocenters. The van der Waals surface area contributed by atoms with Crippen molar-refractivity contribution in [3.8, 4) is 5.75 Å². The Morgan fingerprint density at radius 2 is 1.73 bits per heavy atom. The largest absolute Gasteiger partial charge is 0.488 e. The van der Waals surface area contributed by atoms with Crippen LogP contribution < -0.4 is 10.3 Å². The second-order valence-electron chi connectivity index (χ2n) is 7.12. The van der Waals surface area contributed by atoms with E-state index in [1.807, 2.05) is 55.5 Å². The summed E-state index contributed by atoms with van der Waals surface area (Å²) >= 11 is 14.0. The van der Waals surface area contributed by atoms with Crippen molar-refractivity contribution in [1.82, 2.24) is 9.66 Å². The third kappa shape index (κ3) is 5.65. The molecule has 0 amide bonds. The molecular weight excluding hydrogens is 682 g/mol. The van der Waals surface area contributed by atoms with Crippen LogP contribution in [0.1, 0.15) is 23.9 Å². The zero-order valence-electron chi connectivity index (χ0n) is 17.4. The number of rotatable bonds is 6. The van der Waals surface area contributed by atoms with Crippen LogP contribution in [0.15, 0.2) is 82.4 Å². The molecule has 0 saturated heterocycles. The van der Waals surface area contributed by atoms with Crippen LogP contribution in [0.25, 0.3) is 10.9 Å². The molecule has 168 valence electrons. The van der Waals surface area contributed by atoms with E-state index in [0.29, 0.717) is 35.5 Å². The van der Waals surface area contributed by atoms with Crippen LogP contribution in [-0.2, 0) is 13.0 Å². The first-order valence-corrected chi connectivity index (χ1v) is 13.1. The lowest BCUT2D eigenvalue weighted by Crippen LogP contribution is -2.22. The quantitative estimate of drug-likeness (QED) is 0.197. The fourth-order valence-corrected chi connectivity index (χ4v) is 5.21. The van der Waals surface area contributed by atoms with Crippen LogP contribution in [0.2, 0.25) is 0 Å². The Balaban J connectivity index is 1.58. The molecule has 5 nitrogen and oxygen atoms in total. The molecule has 33 heavy (non-hydrogen) atoms. The van der Waals surface area contributed by atoms with Gasteiger partial charge in [0.2, 0.25) is 0 Å². The first-order valence-electron chi connectivity index (χ1n) is 9.97. The molecule has 9 heteroatoms. The monoisotopic (exact) mass is 695 g/mol. The van der Waals surface area contributed by atoms with Crippen molar-refractivity contribution in [1.29, 1.82) is 0 Å². The summed E-state index contributed by atoms with van der Waals surface area (Å²) in [6, 6.07) is 17.1. The Kier molecular flexibility index (Phi) is 7.83. The minimum atomic E-state index is -0.200. The summed E-state index contributed by atoms with van der Waals surface area (Å²) in [6.45, 7) is 2.37. The number of hydrogen-bond acceptors (Lipinski definition) is 4. The summed E-state index contributed by atoms with van der Waals surface area (Å²) < 4.78 is 10.9. The zero-order chi connectivity index (χ0) is 23.5. The van der Waals surface area contributed by atoms with E-state index in [2.05, 4.69) is 73.8 Å².